The molecule has 1 aliphatic rings. The molecule has 1 aliphatic heterocycles. The Labute approximate surface area is 103 Å². The van der Waals surface area contributed by atoms with Crippen molar-refractivity contribution in [3.63, 3.8) is 0 Å². The second kappa shape index (κ2) is 6.93. The molecule has 0 aliphatic carbocycles. The molecule has 1 heterocycles. The minimum Gasteiger partial charge on any atom is -0.373 e. The van der Waals surface area contributed by atoms with Crippen molar-refractivity contribution >= 4 is 5.91 Å². The summed E-state index contributed by atoms with van der Waals surface area (Å²) in [4.78, 5) is 13.5. The first-order valence-corrected chi connectivity index (χ1v) is 6.19. The normalized spacial score (nSPS) is 17.2. The molecule has 1 fully saturated rings. The van der Waals surface area contributed by atoms with E-state index in [1.807, 2.05) is 25.7 Å². The zero-order valence-corrected chi connectivity index (χ0v) is 11.1. The van der Waals surface area contributed by atoms with Gasteiger partial charge in [0.1, 0.15) is 6.61 Å². The van der Waals surface area contributed by atoms with Crippen LogP contribution in [-0.2, 0) is 14.3 Å². The first-order chi connectivity index (χ1) is 7.99. The number of nitrogens with one attached hydrogen (secondary N) is 1. The molecule has 5 heteroatoms. The molecule has 1 amide bonds. The van der Waals surface area contributed by atoms with Gasteiger partial charge in [-0.25, -0.2) is 0 Å². The fourth-order valence-corrected chi connectivity index (χ4v) is 1.57. The molecule has 1 saturated heterocycles. The number of hydrogen-bond acceptors (Lipinski definition) is 4. The van der Waals surface area contributed by atoms with E-state index in [0.29, 0.717) is 13.2 Å². The number of nitrogens with zero attached hydrogens (tertiary/aromatic N) is 1. The van der Waals surface area contributed by atoms with Crippen molar-refractivity contribution < 1.29 is 14.3 Å². The maximum absolute atomic E-state index is 11.7. The van der Waals surface area contributed by atoms with Crippen LogP contribution in [0.15, 0.2) is 0 Å². The van der Waals surface area contributed by atoms with Crippen molar-refractivity contribution in [3.8, 4) is 0 Å². The monoisotopic (exact) mass is 244 g/mol. The van der Waals surface area contributed by atoms with Crippen molar-refractivity contribution in [3.05, 3.63) is 0 Å². The lowest BCUT2D eigenvalue weighted by atomic mass is 10.2. The molecule has 0 aromatic rings. The maximum Gasteiger partial charge on any atom is 0.248 e. The summed E-state index contributed by atoms with van der Waals surface area (Å²) < 4.78 is 10.8. The molecule has 0 aromatic heterocycles. The number of carbonyl (C=O) groups is 1. The zero-order chi connectivity index (χ0) is 12.7. The van der Waals surface area contributed by atoms with Gasteiger partial charge < -0.3 is 19.7 Å². The van der Waals surface area contributed by atoms with E-state index in [4.69, 9.17) is 9.47 Å². The lowest BCUT2D eigenvalue weighted by Gasteiger charge is -2.27. The third-order valence-corrected chi connectivity index (χ3v) is 2.46. The summed E-state index contributed by atoms with van der Waals surface area (Å²) >= 11 is 0. The second-order valence-corrected chi connectivity index (χ2v) is 5.14. The van der Waals surface area contributed by atoms with Crippen LogP contribution in [0.2, 0.25) is 0 Å². The molecule has 0 unspecified atom stereocenters. The molecule has 0 atom stereocenters. The van der Waals surface area contributed by atoms with Crippen LogP contribution in [0, 0.1) is 0 Å². The Morgan fingerprint density at radius 3 is 2.47 bits per heavy atom. The van der Waals surface area contributed by atoms with Crippen LogP contribution in [0.25, 0.3) is 0 Å². The molecular weight excluding hydrogens is 220 g/mol. The molecule has 0 aromatic carbocycles. The van der Waals surface area contributed by atoms with Crippen molar-refractivity contribution in [1.29, 1.82) is 0 Å². The van der Waals surface area contributed by atoms with Crippen molar-refractivity contribution in [2.45, 2.75) is 26.4 Å². The lowest BCUT2D eigenvalue weighted by molar-refractivity contribution is -0.137. The number of carbonyl (C=O) groups excluding carboxylic acids is 1. The van der Waals surface area contributed by atoms with E-state index < -0.39 is 0 Å². The highest BCUT2D eigenvalue weighted by molar-refractivity contribution is 5.77. The third-order valence-electron chi connectivity index (χ3n) is 2.46. The summed E-state index contributed by atoms with van der Waals surface area (Å²) in [7, 11) is 0. The van der Waals surface area contributed by atoms with Crippen molar-refractivity contribution in [2.24, 2.45) is 0 Å². The van der Waals surface area contributed by atoms with Gasteiger partial charge in [-0.1, -0.05) is 0 Å². The zero-order valence-electron chi connectivity index (χ0n) is 11.1. The van der Waals surface area contributed by atoms with Crippen LogP contribution in [-0.4, -0.2) is 62.4 Å². The van der Waals surface area contributed by atoms with Crippen LogP contribution < -0.4 is 5.32 Å². The van der Waals surface area contributed by atoms with E-state index in [9.17, 15) is 4.79 Å². The van der Waals surface area contributed by atoms with Gasteiger partial charge in [-0.05, 0) is 20.8 Å². The molecule has 0 saturated carbocycles. The van der Waals surface area contributed by atoms with E-state index >= 15 is 0 Å². The number of piperazine rings is 1. The van der Waals surface area contributed by atoms with Crippen molar-refractivity contribution in [1.82, 2.24) is 10.2 Å². The molecular formula is C12H24N2O3. The topological polar surface area (TPSA) is 50.8 Å². The van der Waals surface area contributed by atoms with Crippen LogP contribution in [0.1, 0.15) is 20.8 Å². The van der Waals surface area contributed by atoms with Gasteiger partial charge in [-0.15, -0.1) is 0 Å². The van der Waals surface area contributed by atoms with Gasteiger partial charge in [0.05, 0.1) is 18.8 Å². The lowest BCUT2D eigenvalue weighted by Crippen LogP contribution is -2.47. The van der Waals surface area contributed by atoms with Gasteiger partial charge in [-0.2, -0.15) is 0 Å². The minimum absolute atomic E-state index is 0.0715. The standard InChI is InChI=1S/C12H24N2O3/c1-12(2,3)17-9-8-16-10-11(15)14-6-4-13-5-7-14/h13H,4-10H2,1-3H3. The van der Waals surface area contributed by atoms with Crippen LogP contribution in [0.4, 0.5) is 0 Å². The van der Waals surface area contributed by atoms with E-state index in [2.05, 4.69) is 5.32 Å². The SMILES string of the molecule is CC(C)(C)OCCOCC(=O)N1CCNCC1. The van der Waals surface area contributed by atoms with Crippen LogP contribution in [0.5, 0.6) is 0 Å². The molecule has 1 N–H and O–H groups in total. The number of hydrogen-bond donors (Lipinski definition) is 1. The fraction of sp³-hybridized carbons (Fsp3) is 0.917. The first kappa shape index (κ1) is 14.4. The molecule has 100 valence electrons. The first-order valence-electron chi connectivity index (χ1n) is 6.19. The Balaban J connectivity index is 2.04. The Bertz CT molecular complexity index is 232. The minimum atomic E-state index is -0.147. The Morgan fingerprint density at radius 1 is 1.24 bits per heavy atom. The smallest absolute Gasteiger partial charge is 0.248 e. The van der Waals surface area contributed by atoms with E-state index in [1.54, 1.807) is 0 Å². The van der Waals surface area contributed by atoms with E-state index in [0.717, 1.165) is 26.2 Å². The van der Waals surface area contributed by atoms with Gasteiger partial charge >= 0.3 is 0 Å². The molecule has 0 radical (unpaired) electrons. The summed E-state index contributed by atoms with van der Waals surface area (Å²) in [6.07, 6.45) is 0. The average Bonchev–Trinajstić information content (AvgIpc) is 2.28. The Morgan fingerprint density at radius 2 is 1.88 bits per heavy atom. The Kier molecular flexibility index (Phi) is 5.88. The quantitative estimate of drug-likeness (QED) is 0.704. The van der Waals surface area contributed by atoms with Gasteiger partial charge in [0, 0.05) is 26.2 Å². The molecule has 1 rings (SSSR count). The summed E-state index contributed by atoms with van der Waals surface area (Å²) in [6, 6.07) is 0. The predicted octanol–water partition coefficient (Wildman–Crippen LogP) is 0.250. The van der Waals surface area contributed by atoms with Gasteiger partial charge in [-0.3, -0.25) is 4.79 Å². The number of amides is 1. The second-order valence-electron chi connectivity index (χ2n) is 5.14. The van der Waals surface area contributed by atoms with Crippen LogP contribution >= 0.6 is 0 Å². The van der Waals surface area contributed by atoms with E-state index in [-0.39, 0.29) is 18.1 Å². The number of ether oxygens (including phenoxy) is 2. The average molecular weight is 244 g/mol. The van der Waals surface area contributed by atoms with Crippen LogP contribution in [0.3, 0.4) is 0 Å². The third kappa shape index (κ3) is 6.61. The Hall–Kier alpha value is -0.650. The fourth-order valence-electron chi connectivity index (χ4n) is 1.57. The highest BCUT2D eigenvalue weighted by Gasteiger charge is 2.16. The maximum atomic E-state index is 11.7. The predicted molar refractivity (Wildman–Crippen MR) is 66.0 cm³/mol. The van der Waals surface area contributed by atoms with Crippen molar-refractivity contribution in [2.75, 3.05) is 46.0 Å². The van der Waals surface area contributed by atoms with Gasteiger partial charge in [0.15, 0.2) is 0 Å². The summed E-state index contributed by atoms with van der Waals surface area (Å²) in [5, 5.41) is 3.21. The summed E-state index contributed by atoms with van der Waals surface area (Å²) in [5.41, 5.74) is -0.147. The molecule has 0 bridgehead atoms. The highest BCUT2D eigenvalue weighted by Crippen LogP contribution is 2.05. The van der Waals surface area contributed by atoms with Gasteiger partial charge in [0.2, 0.25) is 5.91 Å². The largest absolute Gasteiger partial charge is 0.373 e. The van der Waals surface area contributed by atoms with E-state index in [1.165, 1.54) is 0 Å². The number of rotatable bonds is 5. The molecule has 0 spiro atoms. The summed E-state index contributed by atoms with van der Waals surface area (Å²) in [6.45, 7) is 10.5. The summed E-state index contributed by atoms with van der Waals surface area (Å²) in [5.74, 6) is 0.0715. The highest BCUT2D eigenvalue weighted by atomic mass is 16.5. The molecule has 5 nitrogen and oxygen atoms in total. The van der Waals surface area contributed by atoms with Gasteiger partial charge in [0.25, 0.3) is 0 Å². The molecule has 17 heavy (non-hydrogen) atoms.